The molecular formula is C21H24N4OS2. The zero-order valence-corrected chi connectivity index (χ0v) is 18.0. The van der Waals surface area contributed by atoms with E-state index in [4.69, 9.17) is 0 Å². The number of thiophene rings is 1. The molecule has 5 nitrogen and oxygen atoms in total. The predicted molar refractivity (Wildman–Crippen MR) is 119 cm³/mol. The Kier molecular flexibility index (Phi) is 5.48. The largest absolute Gasteiger partial charge is 0.369 e. The Labute approximate surface area is 173 Å². The molecule has 3 aromatic rings. The minimum Gasteiger partial charge on any atom is -0.369 e. The van der Waals surface area contributed by atoms with Gasteiger partial charge < -0.3 is 15.1 Å². The molecule has 1 aliphatic rings. The highest BCUT2D eigenvalue weighted by Gasteiger charge is 2.18. The molecule has 0 radical (unpaired) electrons. The summed E-state index contributed by atoms with van der Waals surface area (Å²) in [6.45, 7) is 8.23. The van der Waals surface area contributed by atoms with Crippen LogP contribution in [0.3, 0.4) is 0 Å². The summed E-state index contributed by atoms with van der Waals surface area (Å²) in [7, 11) is 2.16. The predicted octanol–water partition coefficient (Wildman–Crippen LogP) is 4.49. The Hall–Kier alpha value is -2.22. The van der Waals surface area contributed by atoms with Gasteiger partial charge in [-0.15, -0.1) is 11.3 Å². The molecule has 146 valence electrons. The summed E-state index contributed by atoms with van der Waals surface area (Å²) >= 11 is 3.08. The van der Waals surface area contributed by atoms with Gasteiger partial charge in [-0.05, 0) is 56.1 Å². The molecule has 1 saturated heterocycles. The molecule has 2 aromatic heterocycles. The summed E-state index contributed by atoms with van der Waals surface area (Å²) in [5.41, 5.74) is 5.10. The van der Waals surface area contributed by atoms with Gasteiger partial charge in [0, 0.05) is 48.5 Å². The van der Waals surface area contributed by atoms with E-state index in [0.717, 1.165) is 48.1 Å². The molecule has 7 heteroatoms. The maximum atomic E-state index is 12.8. The highest BCUT2D eigenvalue weighted by atomic mass is 32.1. The maximum absolute atomic E-state index is 12.8. The average Bonchev–Trinajstić information content (AvgIpc) is 3.32. The molecule has 0 unspecified atom stereocenters. The lowest BCUT2D eigenvalue weighted by atomic mass is 10.1. The average molecular weight is 413 g/mol. The van der Waals surface area contributed by atoms with Crippen molar-refractivity contribution in [3.05, 3.63) is 51.2 Å². The first-order valence-electron chi connectivity index (χ1n) is 9.37. The second-order valence-electron chi connectivity index (χ2n) is 7.19. The number of aromatic nitrogens is 1. The van der Waals surface area contributed by atoms with Crippen LogP contribution in [0, 0.1) is 13.8 Å². The standard InChI is InChI=1S/C21H24N4OS2/c1-14-12-17(4-5-18(14)25-9-7-24(3)8-10-25)23-20(26)19-15(2)22-21(28-19)16-6-11-27-13-16/h4-6,11-13H,7-10H2,1-3H3,(H,23,26). The number of hydrogen-bond acceptors (Lipinski definition) is 6. The number of thiazole rings is 1. The van der Waals surface area contributed by atoms with Crippen LogP contribution in [0.25, 0.3) is 10.6 Å². The van der Waals surface area contributed by atoms with E-state index >= 15 is 0 Å². The van der Waals surface area contributed by atoms with Crippen LogP contribution >= 0.6 is 22.7 Å². The number of nitrogens with zero attached hydrogens (tertiary/aromatic N) is 3. The van der Waals surface area contributed by atoms with Crippen LogP contribution in [0.4, 0.5) is 11.4 Å². The van der Waals surface area contributed by atoms with E-state index < -0.39 is 0 Å². The minimum atomic E-state index is -0.0942. The van der Waals surface area contributed by atoms with Gasteiger partial charge in [-0.25, -0.2) is 4.98 Å². The van der Waals surface area contributed by atoms with Crippen molar-refractivity contribution < 1.29 is 4.79 Å². The topological polar surface area (TPSA) is 48.5 Å². The molecular weight excluding hydrogens is 388 g/mol. The highest BCUT2D eigenvalue weighted by molar-refractivity contribution is 7.17. The smallest absolute Gasteiger partial charge is 0.267 e. The van der Waals surface area contributed by atoms with E-state index in [9.17, 15) is 4.79 Å². The third kappa shape index (κ3) is 3.97. The quantitative estimate of drug-likeness (QED) is 0.686. The van der Waals surface area contributed by atoms with Gasteiger partial charge in [-0.1, -0.05) is 0 Å². The van der Waals surface area contributed by atoms with Crippen molar-refractivity contribution in [2.75, 3.05) is 43.4 Å². The molecule has 0 atom stereocenters. The summed E-state index contributed by atoms with van der Waals surface area (Å²) < 4.78 is 0. The van der Waals surface area contributed by atoms with Gasteiger partial charge in [0.25, 0.3) is 5.91 Å². The van der Waals surface area contributed by atoms with E-state index in [-0.39, 0.29) is 5.91 Å². The molecule has 1 amide bonds. The summed E-state index contributed by atoms with van der Waals surface area (Å²) in [5, 5.41) is 8.02. The number of aryl methyl sites for hydroxylation is 2. The lowest BCUT2D eigenvalue weighted by molar-refractivity contribution is 0.103. The van der Waals surface area contributed by atoms with E-state index in [0.29, 0.717) is 4.88 Å². The molecule has 0 aliphatic carbocycles. The molecule has 4 rings (SSSR count). The number of nitrogens with one attached hydrogen (secondary N) is 1. The molecule has 0 bridgehead atoms. The number of piperazine rings is 1. The fourth-order valence-electron chi connectivity index (χ4n) is 3.44. The number of rotatable bonds is 4. The fourth-order valence-corrected chi connectivity index (χ4v) is 5.11. The third-order valence-electron chi connectivity index (χ3n) is 5.07. The third-order valence-corrected chi connectivity index (χ3v) is 6.96. The first-order valence-corrected chi connectivity index (χ1v) is 11.1. The van der Waals surface area contributed by atoms with Gasteiger partial charge in [0.15, 0.2) is 0 Å². The van der Waals surface area contributed by atoms with Gasteiger partial charge >= 0.3 is 0 Å². The Morgan fingerprint density at radius 3 is 2.61 bits per heavy atom. The number of carbonyl (C=O) groups excluding carboxylic acids is 1. The van der Waals surface area contributed by atoms with Gasteiger partial charge in [0.05, 0.1) is 5.69 Å². The number of anilines is 2. The zero-order chi connectivity index (χ0) is 19.7. The fraction of sp³-hybridized carbons (Fsp3) is 0.333. The van der Waals surface area contributed by atoms with Crippen molar-refractivity contribution in [3.63, 3.8) is 0 Å². The van der Waals surface area contributed by atoms with Gasteiger partial charge in [0.1, 0.15) is 9.88 Å². The van der Waals surface area contributed by atoms with E-state index in [1.54, 1.807) is 11.3 Å². The summed E-state index contributed by atoms with van der Waals surface area (Å²) in [6.07, 6.45) is 0. The van der Waals surface area contributed by atoms with Crippen LogP contribution in [-0.2, 0) is 0 Å². The zero-order valence-electron chi connectivity index (χ0n) is 16.4. The SMILES string of the molecule is Cc1cc(NC(=O)c2sc(-c3ccsc3)nc2C)ccc1N1CCN(C)CC1. The Balaban J connectivity index is 1.48. The molecule has 1 aliphatic heterocycles. The number of amides is 1. The van der Waals surface area contributed by atoms with Crippen molar-refractivity contribution in [1.29, 1.82) is 0 Å². The van der Waals surface area contributed by atoms with Crippen molar-refractivity contribution in [3.8, 4) is 10.6 Å². The summed E-state index contributed by atoms with van der Waals surface area (Å²) in [6, 6.07) is 8.20. The second kappa shape index (κ2) is 8.03. The van der Waals surface area contributed by atoms with Crippen LogP contribution in [-0.4, -0.2) is 49.0 Å². The monoisotopic (exact) mass is 412 g/mol. The summed E-state index contributed by atoms with van der Waals surface area (Å²) in [5.74, 6) is -0.0942. The lowest BCUT2D eigenvalue weighted by Gasteiger charge is -2.35. The molecule has 0 saturated carbocycles. The van der Waals surface area contributed by atoms with Crippen molar-refractivity contribution in [1.82, 2.24) is 9.88 Å². The molecule has 1 N–H and O–H groups in total. The van der Waals surface area contributed by atoms with E-state index in [2.05, 4.69) is 51.6 Å². The Morgan fingerprint density at radius 1 is 1.14 bits per heavy atom. The molecule has 3 heterocycles. The Bertz CT molecular complexity index is 972. The van der Waals surface area contributed by atoms with Gasteiger partial charge in [-0.3, -0.25) is 4.79 Å². The first-order chi connectivity index (χ1) is 13.5. The van der Waals surface area contributed by atoms with E-state index in [1.807, 2.05) is 24.4 Å². The van der Waals surface area contributed by atoms with Crippen LogP contribution in [0.15, 0.2) is 35.0 Å². The normalized spacial score (nSPS) is 15.0. The van der Waals surface area contributed by atoms with Gasteiger partial charge in [0.2, 0.25) is 0 Å². The molecule has 28 heavy (non-hydrogen) atoms. The molecule has 1 fully saturated rings. The van der Waals surface area contributed by atoms with Gasteiger partial charge in [-0.2, -0.15) is 11.3 Å². The minimum absolute atomic E-state index is 0.0942. The maximum Gasteiger partial charge on any atom is 0.267 e. The van der Waals surface area contributed by atoms with Crippen LogP contribution in [0.2, 0.25) is 0 Å². The first kappa shape index (κ1) is 19.1. The lowest BCUT2D eigenvalue weighted by Crippen LogP contribution is -2.44. The highest BCUT2D eigenvalue weighted by Crippen LogP contribution is 2.30. The number of carbonyl (C=O) groups is 1. The van der Waals surface area contributed by atoms with Crippen LogP contribution in [0.5, 0.6) is 0 Å². The van der Waals surface area contributed by atoms with Crippen LogP contribution in [0.1, 0.15) is 20.9 Å². The summed E-state index contributed by atoms with van der Waals surface area (Å²) in [4.78, 5) is 22.8. The molecule has 1 aromatic carbocycles. The van der Waals surface area contributed by atoms with Crippen molar-refractivity contribution >= 4 is 40.0 Å². The number of benzene rings is 1. The number of hydrogen-bond donors (Lipinski definition) is 1. The van der Waals surface area contributed by atoms with E-state index in [1.165, 1.54) is 22.6 Å². The van der Waals surface area contributed by atoms with Crippen LogP contribution < -0.4 is 10.2 Å². The molecule has 0 spiro atoms. The van der Waals surface area contributed by atoms with Crippen molar-refractivity contribution in [2.45, 2.75) is 13.8 Å². The number of likely N-dealkylation sites (N-methyl/N-ethyl adjacent to an activating group) is 1. The van der Waals surface area contributed by atoms with Crippen molar-refractivity contribution in [2.24, 2.45) is 0 Å². The second-order valence-corrected chi connectivity index (χ2v) is 8.97. The Morgan fingerprint density at radius 2 is 1.93 bits per heavy atom.